The van der Waals surface area contributed by atoms with Crippen LogP contribution in [0.3, 0.4) is 0 Å². The Hall–Kier alpha value is -2.37. The van der Waals surface area contributed by atoms with E-state index >= 15 is 0 Å². The summed E-state index contributed by atoms with van der Waals surface area (Å²) in [7, 11) is 0. The van der Waals surface area contributed by atoms with E-state index < -0.39 is 6.04 Å². The SMILES string of the molecule is O=C(Cc1c[nH]c2ccc(F)cc12)NC(CO)c1ccc(Cl)cc1. The molecule has 0 saturated heterocycles. The first kappa shape index (κ1) is 16.5. The first-order valence-corrected chi connectivity index (χ1v) is 7.86. The summed E-state index contributed by atoms with van der Waals surface area (Å²) in [6.45, 7) is -0.226. The number of amides is 1. The third-order valence-electron chi connectivity index (χ3n) is 3.87. The molecule has 4 nitrogen and oxygen atoms in total. The summed E-state index contributed by atoms with van der Waals surface area (Å²) in [5, 5.41) is 13.6. The number of carbonyl (C=O) groups excluding carboxylic acids is 1. The van der Waals surface area contributed by atoms with Gasteiger partial charge in [-0.1, -0.05) is 23.7 Å². The van der Waals surface area contributed by atoms with Gasteiger partial charge < -0.3 is 15.4 Å². The standard InChI is InChI=1S/C18H16ClFN2O2/c19-13-3-1-11(2-4-13)17(10-23)22-18(24)7-12-9-21-16-6-5-14(20)8-15(12)16/h1-6,8-9,17,21,23H,7,10H2,(H,22,24). The maximum atomic E-state index is 13.4. The van der Waals surface area contributed by atoms with Gasteiger partial charge in [-0.05, 0) is 41.5 Å². The van der Waals surface area contributed by atoms with Crippen molar-refractivity contribution in [2.75, 3.05) is 6.61 Å². The maximum absolute atomic E-state index is 13.4. The van der Waals surface area contributed by atoms with E-state index in [2.05, 4.69) is 10.3 Å². The molecule has 1 atom stereocenters. The fraction of sp³-hybridized carbons (Fsp3) is 0.167. The average Bonchev–Trinajstić information content (AvgIpc) is 2.95. The number of aromatic nitrogens is 1. The largest absolute Gasteiger partial charge is 0.394 e. The molecule has 0 aliphatic carbocycles. The van der Waals surface area contributed by atoms with E-state index in [1.807, 2.05) is 0 Å². The van der Waals surface area contributed by atoms with Crippen molar-refractivity contribution in [2.24, 2.45) is 0 Å². The molecule has 1 unspecified atom stereocenters. The molecule has 0 bridgehead atoms. The monoisotopic (exact) mass is 346 g/mol. The smallest absolute Gasteiger partial charge is 0.225 e. The molecule has 1 aromatic heterocycles. The van der Waals surface area contributed by atoms with Crippen molar-refractivity contribution in [1.29, 1.82) is 0 Å². The Labute approximate surface area is 143 Å². The van der Waals surface area contributed by atoms with Crippen LogP contribution in [0, 0.1) is 5.82 Å². The van der Waals surface area contributed by atoms with Crippen molar-refractivity contribution < 1.29 is 14.3 Å². The second-order valence-electron chi connectivity index (χ2n) is 5.53. The normalized spacial score (nSPS) is 12.3. The van der Waals surface area contributed by atoms with Gasteiger partial charge in [0.15, 0.2) is 0 Å². The van der Waals surface area contributed by atoms with Crippen molar-refractivity contribution in [3.05, 3.63) is 70.6 Å². The highest BCUT2D eigenvalue weighted by Crippen LogP contribution is 2.21. The van der Waals surface area contributed by atoms with Gasteiger partial charge in [-0.25, -0.2) is 4.39 Å². The topological polar surface area (TPSA) is 65.1 Å². The van der Waals surface area contributed by atoms with E-state index in [9.17, 15) is 14.3 Å². The number of fused-ring (bicyclic) bond motifs is 1. The summed E-state index contributed by atoms with van der Waals surface area (Å²) in [5.74, 6) is -0.604. The van der Waals surface area contributed by atoms with Crippen molar-refractivity contribution in [2.45, 2.75) is 12.5 Å². The first-order chi connectivity index (χ1) is 11.6. The van der Waals surface area contributed by atoms with E-state index in [0.29, 0.717) is 16.0 Å². The molecule has 1 heterocycles. The van der Waals surface area contributed by atoms with Crippen LogP contribution in [-0.2, 0) is 11.2 Å². The predicted molar refractivity (Wildman–Crippen MR) is 91.4 cm³/mol. The van der Waals surface area contributed by atoms with Crippen molar-refractivity contribution >= 4 is 28.4 Å². The third-order valence-corrected chi connectivity index (χ3v) is 4.12. The van der Waals surface area contributed by atoms with Gasteiger partial charge in [0.2, 0.25) is 5.91 Å². The number of nitrogens with one attached hydrogen (secondary N) is 2. The van der Waals surface area contributed by atoms with Gasteiger partial charge in [-0.2, -0.15) is 0 Å². The van der Waals surface area contributed by atoms with Gasteiger partial charge in [-0.3, -0.25) is 4.79 Å². The van der Waals surface area contributed by atoms with E-state index in [4.69, 9.17) is 11.6 Å². The van der Waals surface area contributed by atoms with Crippen LogP contribution in [0.4, 0.5) is 4.39 Å². The van der Waals surface area contributed by atoms with E-state index in [0.717, 1.165) is 11.1 Å². The molecule has 124 valence electrons. The second-order valence-corrected chi connectivity index (χ2v) is 5.97. The Morgan fingerprint density at radius 2 is 2.00 bits per heavy atom. The Balaban J connectivity index is 1.73. The lowest BCUT2D eigenvalue weighted by atomic mass is 10.1. The van der Waals surface area contributed by atoms with Crippen LogP contribution in [0.1, 0.15) is 17.2 Å². The number of halogens is 2. The van der Waals surface area contributed by atoms with Gasteiger partial charge in [0.25, 0.3) is 0 Å². The Morgan fingerprint density at radius 3 is 2.71 bits per heavy atom. The first-order valence-electron chi connectivity index (χ1n) is 7.48. The third kappa shape index (κ3) is 3.58. The lowest BCUT2D eigenvalue weighted by Crippen LogP contribution is -2.31. The number of aromatic amines is 1. The Morgan fingerprint density at radius 1 is 1.25 bits per heavy atom. The van der Waals surface area contributed by atoms with Gasteiger partial charge in [0.1, 0.15) is 5.82 Å². The maximum Gasteiger partial charge on any atom is 0.225 e. The molecule has 0 aliphatic heterocycles. The zero-order valence-corrected chi connectivity index (χ0v) is 13.5. The quantitative estimate of drug-likeness (QED) is 0.663. The van der Waals surface area contributed by atoms with Gasteiger partial charge in [0.05, 0.1) is 19.1 Å². The number of hydrogen-bond acceptors (Lipinski definition) is 2. The van der Waals surface area contributed by atoms with Crippen LogP contribution in [0.5, 0.6) is 0 Å². The Kier molecular flexibility index (Phi) is 4.83. The molecule has 24 heavy (non-hydrogen) atoms. The molecule has 6 heteroatoms. The fourth-order valence-corrected chi connectivity index (χ4v) is 2.77. The molecular weight excluding hydrogens is 331 g/mol. The predicted octanol–water partition coefficient (Wildman–Crippen LogP) is 3.35. The molecule has 0 spiro atoms. The number of hydrogen-bond donors (Lipinski definition) is 3. The number of rotatable bonds is 5. The van der Waals surface area contributed by atoms with Gasteiger partial charge in [-0.15, -0.1) is 0 Å². The molecule has 3 N–H and O–H groups in total. The highest BCUT2D eigenvalue weighted by atomic mass is 35.5. The minimum atomic E-state index is -0.517. The number of carbonyl (C=O) groups is 1. The van der Waals surface area contributed by atoms with Crippen LogP contribution in [0.25, 0.3) is 10.9 Å². The lowest BCUT2D eigenvalue weighted by Gasteiger charge is -2.16. The minimum Gasteiger partial charge on any atom is -0.394 e. The van der Waals surface area contributed by atoms with Crippen LogP contribution < -0.4 is 5.32 Å². The summed E-state index contributed by atoms with van der Waals surface area (Å²) < 4.78 is 13.4. The molecule has 2 aromatic carbocycles. The van der Waals surface area contributed by atoms with Gasteiger partial charge in [0, 0.05) is 22.1 Å². The van der Waals surface area contributed by atoms with Crippen molar-refractivity contribution in [3.8, 4) is 0 Å². The lowest BCUT2D eigenvalue weighted by molar-refractivity contribution is -0.121. The highest BCUT2D eigenvalue weighted by Gasteiger charge is 2.15. The molecule has 0 fully saturated rings. The van der Waals surface area contributed by atoms with Crippen molar-refractivity contribution in [1.82, 2.24) is 10.3 Å². The average molecular weight is 347 g/mol. The second kappa shape index (κ2) is 7.03. The number of aliphatic hydroxyl groups excluding tert-OH is 1. The summed E-state index contributed by atoms with van der Waals surface area (Å²) in [6, 6.07) is 10.8. The van der Waals surface area contributed by atoms with E-state index in [1.165, 1.54) is 12.1 Å². The molecule has 0 aliphatic rings. The minimum absolute atomic E-state index is 0.0908. The summed E-state index contributed by atoms with van der Waals surface area (Å²) in [6.07, 6.45) is 1.79. The van der Waals surface area contributed by atoms with Crippen molar-refractivity contribution in [3.63, 3.8) is 0 Å². The molecular formula is C18H16ClFN2O2. The molecule has 0 radical (unpaired) electrons. The number of aliphatic hydroxyl groups is 1. The van der Waals surface area contributed by atoms with Crippen LogP contribution in [-0.4, -0.2) is 22.6 Å². The number of benzene rings is 2. The van der Waals surface area contributed by atoms with Crippen LogP contribution in [0.2, 0.25) is 5.02 Å². The van der Waals surface area contributed by atoms with Crippen LogP contribution >= 0.6 is 11.6 Å². The zero-order valence-electron chi connectivity index (χ0n) is 12.7. The number of H-pyrrole nitrogens is 1. The highest BCUT2D eigenvalue weighted by molar-refractivity contribution is 6.30. The summed E-state index contributed by atoms with van der Waals surface area (Å²) in [5.41, 5.74) is 2.24. The molecule has 3 rings (SSSR count). The van der Waals surface area contributed by atoms with E-state index in [1.54, 1.807) is 36.5 Å². The molecule has 0 saturated carbocycles. The Bertz CT molecular complexity index is 861. The van der Waals surface area contributed by atoms with E-state index in [-0.39, 0.29) is 24.8 Å². The molecule has 1 amide bonds. The van der Waals surface area contributed by atoms with Crippen LogP contribution in [0.15, 0.2) is 48.7 Å². The zero-order chi connectivity index (χ0) is 17.1. The summed E-state index contributed by atoms with van der Waals surface area (Å²) in [4.78, 5) is 15.3. The fourth-order valence-electron chi connectivity index (χ4n) is 2.64. The molecule has 3 aromatic rings. The summed E-state index contributed by atoms with van der Waals surface area (Å²) >= 11 is 5.84. The van der Waals surface area contributed by atoms with Gasteiger partial charge >= 0.3 is 0 Å².